The number of allylic oxidation sites excluding steroid dienone is 1. The number of ether oxygens (including phenoxy) is 3. The summed E-state index contributed by atoms with van der Waals surface area (Å²) in [4.78, 5) is 29.8. The fraction of sp³-hybridized carbons (Fsp3) is 0.484. The predicted octanol–water partition coefficient (Wildman–Crippen LogP) is 5.81. The molecule has 1 unspecified atom stereocenters. The first-order chi connectivity index (χ1) is 19.9. The number of amides is 1. The minimum absolute atomic E-state index is 0.270. The molecule has 1 atom stereocenters. The van der Waals surface area contributed by atoms with Gasteiger partial charge >= 0.3 is 12.1 Å². The molecule has 10 heteroatoms. The molecule has 1 heterocycles. The van der Waals surface area contributed by atoms with E-state index in [0.717, 1.165) is 49.2 Å². The van der Waals surface area contributed by atoms with Gasteiger partial charge in [0, 0.05) is 42.3 Å². The molecule has 1 saturated heterocycles. The van der Waals surface area contributed by atoms with Gasteiger partial charge in [0.1, 0.15) is 12.6 Å². The van der Waals surface area contributed by atoms with Gasteiger partial charge in [-0.25, -0.2) is 9.59 Å². The summed E-state index contributed by atoms with van der Waals surface area (Å²) in [6, 6.07) is 12.2. The number of rotatable bonds is 12. The molecule has 1 saturated carbocycles. The first kappa shape index (κ1) is 31.2. The van der Waals surface area contributed by atoms with Crippen molar-refractivity contribution in [2.75, 3.05) is 52.5 Å². The van der Waals surface area contributed by atoms with Crippen molar-refractivity contribution in [3.05, 3.63) is 69.2 Å². The van der Waals surface area contributed by atoms with Crippen LogP contribution in [0.15, 0.2) is 48.0 Å². The normalized spacial score (nSPS) is 15.7. The van der Waals surface area contributed by atoms with E-state index in [9.17, 15) is 9.59 Å². The molecule has 222 valence electrons. The highest BCUT2D eigenvalue weighted by molar-refractivity contribution is 6.32. The second kappa shape index (κ2) is 15.4. The molecular weight excluding hydrogens is 565 g/mol. The van der Waals surface area contributed by atoms with Crippen molar-refractivity contribution < 1.29 is 23.8 Å². The van der Waals surface area contributed by atoms with Crippen LogP contribution in [0.2, 0.25) is 10.0 Å². The largest absolute Gasteiger partial charge is 0.463 e. The number of carbonyl (C=O) groups is 2. The summed E-state index contributed by atoms with van der Waals surface area (Å²) in [5.41, 5.74) is 3.79. The van der Waals surface area contributed by atoms with Crippen LogP contribution in [0.4, 0.5) is 4.79 Å². The fourth-order valence-electron chi connectivity index (χ4n) is 4.82. The quantitative estimate of drug-likeness (QED) is 0.307. The summed E-state index contributed by atoms with van der Waals surface area (Å²) in [6.45, 7) is 8.82. The van der Waals surface area contributed by atoms with Gasteiger partial charge in [0.25, 0.3) is 0 Å². The van der Waals surface area contributed by atoms with Crippen molar-refractivity contribution in [1.29, 1.82) is 0 Å². The zero-order valence-corrected chi connectivity index (χ0v) is 25.3. The molecule has 2 fully saturated rings. The molecule has 41 heavy (non-hydrogen) atoms. The summed E-state index contributed by atoms with van der Waals surface area (Å²) in [5, 5.41) is 4.41. The number of hydrogen-bond donors (Lipinski definition) is 1. The van der Waals surface area contributed by atoms with Crippen LogP contribution in [0.25, 0.3) is 5.70 Å². The van der Waals surface area contributed by atoms with Crippen molar-refractivity contribution in [2.24, 2.45) is 0 Å². The van der Waals surface area contributed by atoms with Gasteiger partial charge in [0.2, 0.25) is 0 Å². The van der Waals surface area contributed by atoms with Crippen molar-refractivity contribution in [2.45, 2.75) is 45.6 Å². The first-order valence-corrected chi connectivity index (χ1v) is 15.1. The van der Waals surface area contributed by atoms with Crippen molar-refractivity contribution in [3.8, 4) is 5.75 Å². The molecule has 1 N–H and O–H groups in total. The SMILES string of the molecule is CCN(CC)CCOC(=O)C(Cc1ccc(OC(=O)N2CCOCC2)c(Cl)c1)NC(=C1CCC1)c1ccccc1Cl. The number of nitrogens with zero attached hydrogens (tertiary/aromatic N) is 2. The van der Waals surface area contributed by atoms with E-state index in [-0.39, 0.29) is 11.7 Å². The summed E-state index contributed by atoms with van der Waals surface area (Å²) >= 11 is 13.1. The number of hydrogen-bond acceptors (Lipinski definition) is 7. The van der Waals surface area contributed by atoms with Crippen LogP contribution >= 0.6 is 23.2 Å². The maximum absolute atomic E-state index is 13.5. The lowest BCUT2D eigenvalue weighted by Crippen LogP contribution is -2.42. The van der Waals surface area contributed by atoms with E-state index in [1.807, 2.05) is 30.3 Å². The van der Waals surface area contributed by atoms with Gasteiger partial charge in [0.05, 0.1) is 18.2 Å². The predicted molar refractivity (Wildman–Crippen MR) is 161 cm³/mol. The highest BCUT2D eigenvalue weighted by Gasteiger charge is 2.27. The number of morpholine rings is 1. The minimum Gasteiger partial charge on any atom is -0.463 e. The molecule has 4 rings (SSSR count). The standard InChI is InChI=1S/C31H39Cl2N3O5/c1-3-35(4-2)14-19-40-30(37)27(34-29(23-8-7-9-23)24-10-5-6-11-25(24)32)21-22-12-13-28(26(33)20-22)41-31(38)36-15-17-39-18-16-36/h5-6,10-13,20,27,34H,3-4,7-9,14-19,21H2,1-2H3. The Labute approximate surface area is 252 Å². The molecule has 1 aliphatic heterocycles. The van der Waals surface area contributed by atoms with Crippen LogP contribution in [0, 0.1) is 0 Å². The molecule has 0 spiro atoms. The van der Waals surface area contributed by atoms with Crippen LogP contribution in [-0.2, 0) is 20.7 Å². The fourth-order valence-corrected chi connectivity index (χ4v) is 5.29. The van der Waals surface area contributed by atoms with E-state index in [4.69, 9.17) is 37.4 Å². The van der Waals surface area contributed by atoms with E-state index < -0.39 is 12.1 Å². The lowest BCUT2D eigenvalue weighted by molar-refractivity contribution is -0.146. The molecular formula is C31H39Cl2N3O5. The Morgan fingerprint density at radius 1 is 1.05 bits per heavy atom. The number of carbonyl (C=O) groups excluding carboxylic acids is 2. The zero-order valence-electron chi connectivity index (χ0n) is 23.8. The molecule has 0 radical (unpaired) electrons. The Kier molecular flexibility index (Phi) is 11.7. The summed E-state index contributed by atoms with van der Waals surface area (Å²) in [5.74, 6) is -0.0767. The smallest absolute Gasteiger partial charge is 0.415 e. The highest BCUT2D eigenvalue weighted by Crippen LogP contribution is 2.35. The topological polar surface area (TPSA) is 80.3 Å². The Bertz CT molecular complexity index is 1220. The van der Waals surface area contributed by atoms with E-state index in [0.29, 0.717) is 55.9 Å². The van der Waals surface area contributed by atoms with E-state index >= 15 is 0 Å². The van der Waals surface area contributed by atoms with Crippen LogP contribution in [-0.4, -0.2) is 80.4 Å². The first-order valence-electron chi connectivity index (χ1n) is 14.3. The lowest BCUT2D eigenvalue weighted by atomic mass is 9.88. The third kappa shape index (κ3) is 8.61. The second-order valence-corrected chi connectivity index (χ2v) is 11.0. The van der Waals surface area contributed by atoms with Crippen LogP contribution in [0.3, 0.4) is 0 Å². The summed E-state index contributed by atoms with van der Waals surface area (Å²) in [7, 11) is 0. The third-order valence-corrected chi connectivity index (χ3v) is 8.13. The van der Waals surface area contributed by atoms with Crippen LogP contribution in [0.5, 0.6) is 5.75 Å². The molecule has 0 bridgehead atoms. The number of halogens is 2. The molecule has 2 aromatic rings. The van der Waals surface area contributed by atoms with Gasteiger partial charge in [-0.15, -0.1) is 0 Å². The average Bonchev–Trinajstić information content (AvgIpc) is 2.95. The maximum Gasteiger partial charge on any atom is 0.415 e. The van der Waals surface area contributed by atoms with Crippen LogP contribution in [0.1, 0.15) is 44.2 Å². The van der Waals surface area contributed by atoms with Crippen molar-refractivity contribution in [1.82, 2.24) is 15.1 Å². The zero-order chi connectivity index (χ0) is 29.2. The Balaban J connectivity index is 1.52. The monoisotopic (exact) mass is 603 g/mol. The summed E-state index contributed by atoms with van der Waals surface area (Å²) < 4.78 is 16.6. The van der Waals surface area contributed by atoms with Crippen LogP contribution < -0.4 is 10.1 Å². The molecule has 0 aromatic heterocycles. The van der Waals surface area contributed by atoms with E-state index in [1.54, 1.807) is 17.0 Å². The van der Waals surface area contributed by atoms with Gasteiger partial charge in [0.15, 0.2) is 5.75 Å². The van der Waals surface area contributed by atoms with Gasteiger partial charge in [-0.1, -0.05) is 61.3 Å². The average molecular weight is 605 g/mol. The molecule has 8 nitrogen and oxygen atoms in total. The molecule has 2 aromatic carbocycles. The minimum atomic E-state index is -0.677. The van der Waals surface area contributed by atoms with E-state index in [2.05, 4.69) is 24.1 Å². The Morgan fingerprint density at radius 3 is 2.41 bits per heavy atom. The maximum atomic E-state index is 13.5. The van der Waals surface area contributed by atoms with Gasteiger partial charge in [-0.05, 0) is 61.7 Å². The van der Waals surface area contributed by atoms with Crippen molar-refractivity contribution in [3.63, 3.8) is 0 Å². The Hall–Kier alpha value is -2.78. The Morgan fingerprint density at radius 2 is 1.78 bits per heavy atom. The molecule has 2 aliphatic rings. The van der Waals surface area contributed by atoms with Gasteiger partial charge in [-0.3, -0.25) is 0 Å². The summed E-state index contributed by atoms with van der Waals surface area (Å²) in [6.07, 6.45) is 2.86. The number of nitrogens with one attached hydrogen (secondary N) is 1. The lowest BCUT2D eigenvalue weighted by Gasteiger charge is -2.28. The highest BCUT2D eigenvalue weighted by atomic mass is 35.5. The van der Waals surface area contributed by atoms with Gasteiger partial charge < -0.3 is 29.3 Å². The number of esters is 1. The van der Waals surface area contributed by atoms with Crippen molar-refractivity contribution >= 4 is 41.0 Å². The second-order valence-electron chi connectivity index (χ2n) is 10.1. The third-order valence-electron chi connectivity index (χ3n) is 7.51. The number of benzene rings is 2. The van der Waals surface area contributed by atoms with E-state index in [1.165, 1.54) is 5.57 Å². The molecule has 1 amide bonds. The molecule has 1 aliphatic carbocycles. The van der Waals surface area contributed by atoms with Gasteiger partial charge in [-0.2, -0.15) is 0 Å². The number of likely N-dealkylation sites (N-methyl/N-ethyl adjacent to an activating group) is 1.